The lowest BCUT2D eigenvalue weighted by atomic mass is 10.2. The van der Waals surface area contributed by atoms with E-state index in [2.05, 4.69) is 5.10 Å². The third-order valence-electron chi connectivity index (χ3n) is 3.44. The number of nitrogens with zero attached hydrogens (tertiary/aromatic N) is 1. The van der Waals surface area contributed by atoms with Crippen LogP contribution in [0.15, 0.2) is 47.3 Å². The number of nitrogens with one attached hydrogen (secondary N) is 1. The molecule has 21 heavy (non-hydrogen) atoms. The second-order valence-electron chi connectivity index (χ2n) is 4.71. The van der Waals surface area contributed by atoms with Gasteiger partial charge in [0.15, 0.2) is 11.5 Å². The third kappa shape index (κ3) is 2.27. The fraction of sp³-hybridized carbons (Fsp3) is 0.188. The van der Waals surface area contributed by atoms with Crippen molar-refractivity contribution >= 4 is 10.9 Å². The molecule has 0 amide bonds. The van der Waals surface area contributed by atoms with Crippen LogP contribution in [0.5, 0.6) is 11.5 Å². The Hall–Kier alpha value is -2.69. The summed E-state index contributed by atoms with van der Waals surface area (Å²) in [5.41, 5.74) is 1.66. The maximum Gasteiger partial charge on any atom is 0.278 e. The summed E-state index contributed by atoms with van der Waals surface area (Å²) in [6.07, 6.45) is 0. The first-order valence-corrected chi connectivity index (χ1v) is 6.62. The maximum atomic E-state index is 12.6. The van der Waals surface area contributed by atoms with Crippen LogP contribution in [-0.2, 0) is 6.54 Å². The molecule has 2 aromatic carbocycles. The standard InChI is InChI=1S/C16H16N2O3/c1-20-13-9-8-12-14(15(13)21-2)16(19)18(17-12)10-11-6-4-3-5-7-11/h3-9,17H,10H2,1-2H3. The number of benzene rings is 2. The molecule has 5 heteroatoms. The van der Waals surface area contributed by atoms with Gasteiger partial charge in [0.2, 0.25) is 0 Å². The van der Waals surface area contributed by atoms with Gasteiger partial charge in [-0.15, -0.1) is 0 Å². The van der Waals surface area contributed by atoms with E-state index in [-0.39, 0.29) is 5.56 Å². The van der Waals surface area contributed by atoms with Gasteiger partial charge in [0, 0.05) is 0 Å². The fourth-order valence-corrected chi connectivity index (χ4v) is 2.44. The first-order valence-electron chi connectivity index (χ1n) is 6.62. The molecule has 0 aliphatic heterocycles. The Balaban J connectivity index is 2.14. The molecule has 0 aliphatic carbocycles. The molecule has 1 heterocycles. The van der Waals surface area contributed by atoms with E-state index in [0.717, 1.165) is 11.1 Å². The quantitative estimate of drug-likeness (QED) is 0.800. The van der Waals surface area contributed by atoms with Crippen molar-refractivity contribution in [2.45, 2.75) is 6.54 Å². The monoisotopic (exact) mass is 284 g/mol. The average Bonchev–Trinajstić information content (AvgIpc) is 2.84. The lowest BCUT2D eigenvalue weighted by Gasteiger charge is -2.06. The normalized spacial score (nSPS) is 10.8. The summed E-state index contributed by atoms with van der Waals surface area (Å²) < 4.78 is 12.1. The van der Waals surface area contributed by atoms with Gasteiger partial charge in [0.05, 0.1) is 26.3 Å². The molecular weight excluding hydrogens is 268 g/mol. The molecule has 0 spiro atoms. The van der Waals surface area contributed by atoms with Gasteiger partial charge in [-0.3, -0.25) is 9.89 Å². The Morgan fingerprint density at radius 1 is 1.05 bits per heavy atom. The summed E-state index contributed by atoms with van der Waals surface area (Å²) in [4.78, 5) is 12.6. The molecule has 3 aromatic rings. The Labute approximate surface area is 121 Å². The van der Waals surface area contributed by atoms with E-state index < -0.39 is 0 Å². The van der Waals surface area contributed by atoms with Gasteiger partial charge in [-0.05, 0) is 17.7 Å². The molecule has 0 aliphatic rings. The van der Waals surface area contributed by atoms with Gasteiger partial charge in [-0.25, -0.2) is 4.68 Å². The molecule has 108 valence electrons. The van der Waals surface area contributed by atoms with Crippen LogP contribution in [0.1, 0.15) is 5.56 Å². The number of hydrogen-bond donors (Lipinski definition) is 1. The number of ether oxygens (including phenoxy) is 2. The van der Waals surface area contributed by atoms with E-state index in [1.807, 2.05) is 36.4 Å². The number of rotatable bonds is 4. The fourth-order valence-electron chi connectivity index (χ4n) is 2.44. The van der Waals surface area contributed by atoms with Crippen molar-refractivity contribution in [2.75, 3.05) is 14.2 Å². The predicted octanol–water partition coefficient (Wildman–Crippen LogP) is 2.40. The Bertz CT molecular complexity index is 819. The number of aromatic nitrogens is 2. The van der Waals surface area contributed by atoms with Gasteiger partial charge in [0.1, 0.15) is 5.39 Å². The second kappa shape index (κ2) is 5.36. The molecule has 1 aromatic heterocycles. The van der Waals surface area contributed by atoms with Crippen LogP contribution in [0.2, 0.25) is 0 Å². The van der Waals surface area contributed by atoms with Crippen LogP contribution in [0.3, 0.4) is 0 Å². The molecule has 0 bridgehead atoms. The van der Waals surface area contributed by atoms with Crippen molar-refractivity contribution in [3.05, 3.63) is 58.4 Å². The van der Waals surface area contributed by atoms with E-state index in [1.165, 1.54) is 7.11 Å². The van der Waals surface area contributed by atoms with Gasteiger partial charge in [-0.2, -0.15) is 0 Å². The zero-order valence-corrected chi connectivity index (χ0v) is 11.9. The molecule has 3 rings (SSSR count). The van der Waals surface area contributed by atoms with E-state index in [4.69, 9.17) is 9.47 Å². The smallest absolute Gasteiger partial charge is 0.278 e. The number of hydrogen-bond acceptors (Lipinski definition) is 3. The van der Waals surface area contributed by atoms with Crippen molar-refractivity contribution in [1.82, 2.24) is 9.78 Å². The predicted molar refractivity (Wildman–Crippen MR) is 81.2 cm³/mol. The van der Waals surface area contributed by atoms with Crippen molar-refractivity contribution < 1.29 is 9.47 Å². The molecule has 0 saturated heterocycles. The summed E-state index contributed by atoms with van der Waals surface area (Å²) in [6.45, 7) is 0.486. The summed E-state index contributed by atoms with van der Waals surface area (Å²) in [6, 6.07) is 13.4. The number of aromatic amines is 1. The van der Waals surface area contributed by atoms with Crippen molar-refractivity contribution in [3.8, 4) is 11.5 Å². The van der Waals surface area contributed by atoms with Crippen LogP contribution in [-0.4, -0.2) is 24.0 Å². The van der Waals surface area contributed by atoms with E-state index >= 15 is 0 Å². The van der Waals surface area contributed by atoms with E-state index in [0.29, 0.717) is 23.4 Å². The van der Waals surface area contributed by atoms with Crippen molar-refractivity contribution in [1.29, 1.82) is 0 Å². The van der Waals surface area contributed by atoms with Crippen molar-refractivity contribution in [3.63, 3.8) is 0 Å². The Morgan fingerprint density at radius 3 is 2.48 bits per heavy atom. The lowest BCUT2D eigenvalue weighted by Crippen LogP contribution is -2.17. The Morgan fingerprint density at radius 2 is 1.81 bits per heavy atom. The minimum atomic E-state index is -0.121. The first kappa shape index (κ1) is 13.3. The highest BCUT2D eigenvalue weighted by Gasteiger charge is 2.16. The summed E-state index contributed by atoms with van der Waals surface area (Å²) >= 11 is 0. The largest absolute Gasteiger partial charge is 0.493 e. The average molecular weight is 284 g/mol. The highest BCUT2D eigenvalue weighted by molar-refractivity contribution is 5.87. The number of methoxy groups -OCH3 is 2. The highest BCUT2D eigenvalue weighted by atomic mass is 16.5. The lowest BCUT2D eigenvalue weighted by molar-refractivity contribution is 0.358. The van der Waals surface area contributed by atoms with Crippen LogP contribution in [0, 0.1) is 0 Å². The van der Waals surface area contributed by atoms with Gasteiger partial charge in [-0.1, -0.05) is 30.3 Å². The minimum Gasteiger partial charge on any atom is -0.493 e. The summed E-state index contributed by atoms with van der Waals surface area (Å²) in [7, 11) is 3.09. The van der Waals surface area contributed by atoms with E-state index in [9.17, 15) is 4.79 Å². The molecule has 0 atom stereocenters. The zero-order valence-electron chi connectivity index (χ0n) is 11.9. The molecule has 0 unspecified atom stereocenters. The zero-order chi connectivity index (χ0) is 14.8. The third-order valence-corrected chi connectivity index (χ3v) is 3.44. The minimum absolute atomic E-state index is 0.121. The molecule has 0 saturated carbocycles. The first-order chi connectivity index (χ1) is 10.2. The highest BCUT2D eigenvalue weighted by Crippen LogP contribution is 2.32. The molecular formula is C16H16N2O3. The van der Waals surface area contributed by atoms with Gasteiger partial charge >= 0.3 is 0 Å². The van der Waals surface area contributed by atoms with Gasteiger partial charge < -0.3 is 9.47 Å². The molecule has 5 nitrogen and oxygen atoms in total. The van der Waals surface area contributed by atoms with Crippen LogP contribution < -0.4 is 15.0 Å². The van der Waals surface area contributed by atoms with Gasteiger partial charge in [0.25, 0.3) is 5.56 Å². The van der Waals surface area contributed by atoms with E-state index in [1.54, 1.807) is 17.9 Å². The number of H-pyrrole nitrogens is 1. The summed E-state index contributed by atoms with van der Waals surface area (Å²) in [5.74, 6) is 1.01. The van der Waals surface area contributed by atoms with Crippen LogP contribution in [0.4, 0.5) is 0 Å². The maximum absolute atomic E-state index is 12.6. The van der Waals surface area contributed by atoms with Crippen LogP contribution in [0.25, 0.3) is 10.9 Å². The SMILES string of the molecule is COc1ccc2[nH]n(Cc3ccccc3)c(=O)c2c1OC. The second-order valence-corrected chi connectivity index (χ2v) is 4.71. The molecule has 0 radical (unpaired) electrons. The number of fused-ring (bicyclic) bond motifs is 1. The molecule has 0 fully saturated rings. The molecule has 1 N–H and O–H groups in total. The topological polar surface area (TPSA) is 56.2 Å². The summed E-state index contributed by atoms with van der Waals surface area (Å²) in [5, 5.41) is 3.61. The van der Waals surface area contributed by atoms with Crippen molar-refractivity contribution in [2.24, 2.45) is 0 Å². The van der Waals surface area contributed by atoms with Crippen LogP contribution >= 0.6 is 0 Å². The Kier molecular flexibility index (Phi) is 3.39.